The molecule has 3 N–H and O–H groups in total. The van der Waals surface area contributed by atoms with Gasteiger partial charge in [-0.2, -0.15) is 0 Å². The van der Waals surface area contributed by atoms with Gasteiger partial charge in [-0.3, -0.25) is 9.59 Å². The van der Waals surface area contributed by atoms with Crippen molar-refractivity contribution >= 4 is 21.8 Å². The third kappa shape index (κ3) is 7.60. The molecule has 168 valence electrons. The summed E-state index contributed by atoms with van der Waals surface area (Å²) in [4.78, 5) is 24.2. The summed E-state index contributed by atoms with van der Waals surface area (Å²) >= 11 is 0. The summed E-state index contributed by atoms with van der Waals surface area (Å²) < 4.78 is 32.6. The number of hydrogen-bond donors (Lipinski definition) is 3. The average Bonchev–Trinajstić information content (AvgIpc) is 2.75. The fourth-order valence-electron chi connectivity index (χ4n) is 3.39. The Balaban J connectivity index is 1.72. The number of rotatable bonds is 10. The first kappa shape index (κ1) is 24.1. The van der Waals surface area contributed by atoms with E-state index in [0.717, 1.165) is 12.8 Å². The van der Waals surface area contributed by atoms with Crippen molar-refractivity contribution in [2.75, 3.05) is 26.7 Å². The zero-order valence-electron chi connectivity index (χ0n) is 17.9. The van der Waals surface area contributed by atoms with E-state index in [9.17, 15) is 18.0 Å². The van der Waals surface area contributed by atoms with Crippen LogP contribution in [0.4, 0.5) is 0 Å². The summed E-state index contributed by atoms with van der Waals surface area (Å²) in [5, 5.41) is 5.48. The van der Waals surface area contributed by atoms with E-state index in [1.54, 1.807) is 12.1 Å². The van der Waals surface area contributed by atoms with Crippen LogP contribution in [0.25, 0.3) is 0 Å². The summed E-state index contributed by atoms with van der Waals surface area (Å²) in [5.74, 6) is 0.740. The van der Waals surface area contributed by atoms with Gasteiger partial charge in [0.15, 0.2) is 0 Å². The lowest BCUT2D eigenvalue weighted by atomic mass is 9.81. The fraction of sp³-hybridized carbons (Fsp3) is 0.619. The molecule has 1 aromatic rings. The molecule has 8 nitrogen and oxygen atoms in total. The average molecular weight is 440 g/mol. The second-order valence-electron chi connectivity index (χ2n) is 8.16. The van der Waals surface area contributed by atoms with Gasteiger partial charge >= 0.3 is 0 Å². The zero-order chi connectivity index (χ0) is 22.1. The summed E-state index contributed by atoms with van der Waals surface area (Å²) in [5.41, 5.74) is 0. The van der Waals surface area contributed by atoms with Crippen LogP contribution in [0, 0.1) is 17.8 Å². The largest absolute Gasteiger partial charge is 0.497 e. The molecule has 0 bridgehead atoms. The van der Waals surface area contributed by atoms with E-state index in [2.05, 4.69) is 15.4 Å². The van der Waals surface area contributed by atoms with Crippen LogP contribution in [0.2, 0.25) is 0 Å². The summed E-state index contributed by atoms with van der Waals surface area (Å²) in [6.07, 6.45) is 2.91. The van der Waals surface area contributed by atoms with Crippen LogP contribution in [0.5, 0.6) is 5.75 Å². The standard InChI is InChI=1S/C21H33N3O5S/c1-15(2)12-22-20(25)14-23-21(26)17-6-4-16(5-7-17)13-24-30(27,28)19-10-8-18(29-3)9-11-19/h8-11,15-17,24H,4-7,12-14H2,1-3H3,(H,22,25)(H,23,26). The first-order valence-corrected chi connectivity index (χ1v) is 11.9. The van der Waals surface area contributed by atoms with Gasteiger partial charge < -0.3 is 15.4 Å². The lowest BCUT2D eigenvalue weighted by molar-refractivity contribution is -0.129. The van der Waals surface area contributed by atoms with Gasteiger partial charge in [0.1, 0.15) is 5.75 Å². The summed E-state index contributed by atoms with van der Waals surface area (Å²) in [6, 6.07) is 6.25. The number of methoxy groups -OCH3 is 1. The lowest BCUT2D eigenvalue weighted by Gasteiger charge is -2.27. The van der Waals surface area contributed by atoms with Crippen molar-refractivity contribution in [3.05, 3.63) is 24.3 Å². The highest BCUT2D eigenvalue weighted by molar-refractivity contribution is 7.89. The Morgan fingerprint density at radius 1 is 1.07 bits per heavy atom. The van der Waals surface area contributed by atoms with Crippen molar-refractivity contribution < 1.29 is 22.7 Å². The second-order valence-corrected chi connectivity index (χ2v) is 9.93. The summed E-state index contributed by atoms with van der Waals surface area (Å²) in [6.45, 7) is 4.95. The molecule has 9 heteroatoms. The van der Waals surface area contributed by atoms with E-state index >= 15 is 0 Å². The number of ether oxygens (including phenoxy) is 1. The molecule has 0 saturated heterocycles. The van der Waals surface area contributed by atoms with Gasteiger partial charge in [-0.1, -0.05) is 13.8 Å². The highest BCUT2D eigenvalue weighted by Gasteiger charge is 2.27. The Hall–Kier alpha value is -2.13. The van der Waals surface area contributed by atoms with Crippen molar-refractivity contribution in [1.82, 2.24) is 15.4 Å². The Bertz CT molecular complexity index is 800. The second kappa shape index (κ2) is 11.3. The minimum absolute atomic E-state index is 0.00680. The molecular formula is C21H33N3O5S. The molecule has 0 aromatic heterocycles. The van der Waals surface area contributed by atoms with Gasteiger partial charge in [0, 0.05) is 19.0 Å². The van der Waals surface area contributed by atoms with Gasteiger partial charge in [-0.05, 0) is 61.8 Å². The van der Waals surface area contributed by atoms with Gasteiger partial charge in [0.25, 0.3) is 0 Å². The number of carbonyl (C=O) groups excluding carboxylic acids is 2. The van der Waals surface area contributed by atoms with Crippen molar-refractivity contribution in [2.24, 2.45) is 17.8 Å². The summed E-state index contributed by atoms with van der Waals surface area (Å²) in [7, 11) is -2.05. The van der Waals surface area contributed by atoms with Crippen LogP contribution < -0.4 is 20.1 Å². The van der Waals surface area contributed by atoms with Crippen LogP contribution in [-0.4, -0.2) is 47.0 Å². The topological polar surface area (TPSA) is 114 Å². The molecule has 2 rings (SSSR count). The Labute approximate surface area is 179 Å². The first-order chi connectivity index (χ1) is 14.2. The smallest absolute Gasteiger partial charge is 0.240 e. The Morgan fingerprint density at radius 3 is 2.27 bits per heavy atom. The van der Waals surface area contributed by atoms with Crippen molar-refractivity contribution in [2.45, 2.75) is 44.4 Å². The third-order valence-electron chi connectivity index (χ3n) is 5.28. The number of amides is 2. The van der Waals surface area contributed by atoms with E-state index in [1.807, 2.05) is 13.8 Å². The van der Waals surface area contributed by atoms with E-state index in [4.69, 9.17) is 4.74 Å². The predicted octanol–water partition coefficient (Wildman–Crippen LogP) is 1.67. The maximum atomic E-state index is 12.4. The van der Waals surface area contributed by atoms with Crippen LogP contribution in [0.15, 0.2) is 29.2 Å². The SMILES string of the molecule is COc1ccc(S(=O)(=O)NCC2CCC(C(=O)NCC(=O)NCC(C)C)CC2)cc1. The number of sulfonamides is 1. The van der Waals surface area contributed by atoms with E-state index in [-0.39, 0.29) is 35.1 Å². The fourth-order valence-corrected chi connectivity index (χ4v) is 4.50. The minimum Gasteiger partial charge on any atom is -0.497 e. The molecule has 1 aromatic carbocycles. The van der Waals surface area contributed by atoms with Gasteiger partial charge in [-0.15, -0.1) is 0 Å². The monoisotopic (exact) mass is 439 g/mol. The molecule has 1 saturated carbocycles. The van der Waals surface area contributed by atoms with Crippen LogP contribution in [-0.2, 0) is 19.6 Å². The molecule has 0 radical (unpaired) electrons. The maximum Gasteiger partial charge on any atom is 0.240 e. The Morgan fingerprint density at radius 2 is 1.70 bits per heavy atom. The molecule has 0 atom stereocenters. The molecular weight excluding hydrogens is 406 g/mol. The number of benzene rings is 1. The van der Waals surface area contributed by atoms with Crippen LogP contribution in [0.3, 0.4) is 0 Å². The van der Waals surface area contributed by atoms with Gasteiger partial charge in [-0.25, -0.2) is 13.1 Å². The van der Waals surface area contributed by atoms with Crippen molar-refractivity contribution in [3.63, 3.8) is 0 Å². The first-order valence-electron chi connectivity index (χ1n) is 10.4. The molecule has 0 aliphatic heterocycles. The number of carbonyl (C=O) groups is 2. The van der Waals surface area contributed by atoms with E-state index < -0.39 is 10.0 Å². The number of hydrogen-bond acceptors (Lipinski definition) is 5. The highest BCUT2D eigenvalue weighted by atomic mass is 32.2. The zero-order valence-corrected chi connectivity index (χ0v) is 18.8. The molecule has 30 heavy (non-hydrogen) atoms. The minimum atomic E-state index is -3.57. The van der Waals surface area contributed by atoms with Crippen molar-refractivity contribution in [3.8, 4) is 5.75 Å². The predicted molar refractivity (Wildman–Crippen MR) is 114 cm³/mol. The van der Waals surface area contributed by atoms with Crippen LogP contribution in [0.1, 0.15) is 39.5 Å². The maximum absolute atomic E-state index is 12.4. The van der Waals surface area contributed by atoms with Crippen LogP contribution >= 0.6 is 0 Å². The molecule has 1 fully saturated rings. The Kier molecular flexibility index (Phi) is 9.10. The molecule has 0 heterocycles. The quantitative estimate of drug-likeness (QED) is 0.513. The molecule has 1 aliphatic carbocycles. The third-order valence-corrected chi connectivity index (χ3v) is 6.72. The molecule has 1 aliphatic rings. The van der Waals surface area contributed by atoms with Gasteiger partial charge in [0.2, 0.25) is 21.8 Å². The highest BCUT2D eigenvalue weighted by Crippen LogP contribution is 2.29. The molecule has 0 spiro atoms. The van der Waals surface area contributed by atoms with Crippen molar-refractivity contribution in [1.29, 1.82) is 0 Å². The van der Waals surface area contributed by atoms with E-state index in [1.165, 1.54) is 19.2 Å². The van der Waals surface area contributed by atoms with Gasteiger partial charge in [0.05, 0.1) is 18.6 Å². The van der Waals surface area contributed by atoms with E-state index in [0.29, 0.717) is 37.6 Å². The normalized spacial score (nSPS) is 19.3. The molecule has 0 unspecified atom stereocenters. The molecule has 2 amide bonds. The lowest BCUT2D eigenvalue weighted by Crippen LogP contribution is -2.41. The number of nitrogens with one attached hydrogen (secondary N) is 3.